The Hall–Kier alpha value is -2.61. The first-order chi connectivity index (χ1) is 14.1. The molecule has 4 heterocycles. The monoisotopic (exact) mass is 413 g/mol. The molecule has 1 atom stereocenters. The van der Waals surface area contributed by atoms with Crippen LogP contribution in [0.5, 0.6) is 0 Å². The molecule has 2 saturated heterocycles. The minimum atomic E-state index is -0.319. The Bertz CT molecular complexity index is 904. The van der Waals surface area contributed by atoms with Gasteiger partial charge in [-0.2, -0.15) is 5.26 Å². The van der Waals surface area contributed by atoms with Gasteiger partial charge in [0.25, 0.3) is 5.91 Å². The van der Waals surface area contributed by atoms with Crippen LogP contribution in [-0.4, -0.2) is 68.0 Å². The molecule has 1 amide bonds. The molecule has 0 radical (unpaired) electrons. The lowest BCUT2D eigenvalue weighted by atomic mass is 10.1. The molecule has 2 fully saturated rings. The number of carbonyl (C=O) groups excluding carboxylic acids is 1. The third-order valence-corrected chi connectivity index (χ3v) is 6.11. The number of aliphatic hydroxyl groups is 1. The van der Waals surface area contributed by atoms with E-state index in [4.69, 9.17) is 5.26 Å². The van der Waals surface area contributed by atoms with Crippen molar-refractivity contribution in [2.75, 3.05) is 31.5 Å². The fourth-order valence-corrected chi connectivity index (χ4v) is 4.49. The summed E-state index contributed by atoms with van der Waals surface area (Å²) in [6.45, 7) is 2.39. The number of thiazole rings is 1. The molecule has 2 aliphatic rings. The van der Waals surface area contributed by atoms with Crippen molar-refractivity contribution in [3.8, 4) is 6.07 Å². The van der Waals surface area contributed by atoms with Gasteiger partial charge in [-0.25, -0.2) is 15.0 Å². The molecule has 10 heteroatoms. The highest BCUT2D eigenvalue weighted by atomic mass is 32.1. The molecule has 0 bridgehead atoms. The van der Waals surface area contributed by atoms with Crippen molar-refractivity contribution in [2.24, 2.45) is 0 Å². The number of amides is 1. The van der Waals surface area contributed by atoms with E-state index in [0.29, 0.717) is 49.2 Å². The predicted molar refractivity (Wildman–Crippen MR) is 108 cm³/mol. The Morgan fingerprint density at radius 3 is 2.93 bits per heavy atom. The molecule has 2 aliphatic heterocycles. The minimum Gasteiger partial charge on any atom is -0.393 e. The third kappa shape index (κ3) is 4.53. The van der Waals surface area contributed by atoms with E-state index in [1.807, 2.05) is 6.07 Å². The van der Waals surface area contributed by atoms with Crippen LogP contribution in [0.1, 0.15) is 47.9 Å². The van der Waals surface area contributed by atoms with Crippen molar-refractivity contribution >= 4 is 28.3 Å². The van der Waals surface area contributed by atoms with Crippen molar-refractivity contribution in [3.63, 3.8) is 0 Å². The lowest BCUT2D eigenvalue weighted by molar-refractivity contribution is 0.0542. The number of nitriles is 1. The Kier molecular flexibility index (Phi) is 5.99. The molecule has 152 valence electrons. The van der Waals surface area contributed by atoms with E-state index in [2.05, 4.69) is 31.2 Å². The number of hydrogen-bond acceptors (Lipinski definition) is 9. The predicted octanol–water partition coefficient (Wildman–Crippen LogP) is 1.93. The van der Waals surface area contributed by atoms with Gasteiger partial charge in [-0.05, 0) is 38.3 Å². The summed E-state index contributed by atoms with van der Waals surface area (Å²) in [6.07, 6.45) is 4.60. The highest BCUT2D eigenvalue weighted by molar-refractivity contribution is 7.14. The van der Waals surface area contributed by atoms with Gasteiger partial charge in [-0.15, -0.1) is 11.3 Å². The number of hydrogen-bond donors (Lipinski definition) is 2. The lowest BCUT2D eigenvalue weighted by Crippen LogP contribution is -2.40. The van der Waals surface area contributed by atoms with Crippen LogP contribution in [0.3, 0.4) is 0 Å². The number of likely N-dealkylation sites (tertiary alicyclic amines) is 2. The van der Waals surface area contributed by atoms with Gasteiger partial charge < -0.3 is 15.3 Å². The molecule has 29 heavy (non-hydrogen) atoms. The normalized spacial score (nSPS) is 20.6. The zero-order valence-electron chi connectivity index (χ0n) is 16.0. The summed E-state index contributed by atoms with van der Waals surface area (Å²) in [4.78, 5) is 29.7. The first kappa shape index (κ1) is 19.7. The fourth-order valence-electron chi connectivity index (χ4n) is 3.82. The number of aliphatic hydroxyl groups excluding tert-OH is 1. The van der Waals surface area contributed by atoms with Crippen molar-refractivity contribution in [1.82, 2.24) is 24.8 Å². The standard InChI is InChI=1S/C19H23N7O2S/c20-6-11-25-8-1-2-16(25)14-3-7-21-18(22-14)24-19-23-15(12-29-19)17(28)26-9-4-13(27)5-10-26/h3,7,12-13,16,27H,1-2,4-5,8-11H2,(H,21,22,23,24)/t16-/m1/s1. The second kappa shape index (κ2) is 8.82. The van der Waals surface area contributed by atoms with Crippen LogP contribution in [0.2, 0.25) is 0 Å². The van der Waals surface area contributed by atoms with Crippen molar-refractivity contribution in [3.05, 3.63) is 29.0 Å². The zero-order valence-corrected chi connectivity index (χ0v) is 16.8. The maximum atomic E-state index is 12.6. The molecule has 0 unspecified atom stereocenters. The van der Waals surface area contributed by atoms with Gasteiger partial charge in [-0.1, -0.05) is 0 Å². The topological polar surface area (TPSA) is 118 Å². The Morgan fingerprint density at radius 2 is 2.14 bits per heavy atom. The van der Waals surface area contributed by atoms with Crippen LogP contribution in [-0.2, 0) is 0 Å². The van der Waals surface area contributed by atoms with E-state index in [1.165, 1.54) is 11.3 Å². The van der Waals surface area contributed by atoms with Gasteiger partial charge in [-0.3, -0.25) is 9.69 Å². The molecule has 2 aromatic heterocycles. The molecular formula is C19H23N7O2S. The van der Waals surface area contributed by atoms with Crippen LogP contribution >= 0.6 is 11.3 Å². The quantitative estimate of drug-likeness (QED) is 0.714. The summed E-state index contributed by atoms with van der Waals surface area (Å²) in [7, 11) is 0. The highest BCUT2D eigenvalue weighted by Crippen LogP contribution is 2.31. The average Bonchev–Trinajstić information content (AvgIpc) is 3.38. The summed E-state index contributed by atoms with van der Waals surface area (Å²) in [5.41, 5.74) is 1.27. The van der Waals surface area contributed by atoms with E-state index in [1.54, 1.807) is 16.5 Å². The first-order valence-corrected chi connectivity index (χ1v) is 10.7. The maximum absolute atomic E-state index is 12.6. The van der Waals surface area contributed by atoms with Crippen LogP contribution in [0, 0.1) is 11.3 Å². The van der Waals surface area contributed by atoms with Gasteiger partial charge in [0.1, 0.15) is 5.69 Å². The number of piperidine rings is 1. The minimum absolute atomic E-state index is 0.117. The van der Waals surface area contributed by atoms with Gasteiger partial charge in [0.2, 0.25) is 5.95 Å². The first-order valence-electron chi connectivity index (χ1n) is 9.78. The highest BCUT2D eigenvalue weighted by Gasteiger charge is 2.27. The second-order valence-corrected chi connectivity index (χ2v) is 8.14. The number of aromatic nitrogens is 3. The summed E-state index contributed by atoms with van der Waals surface area (Å²) in [5.74, 6) is 0.315. The molecule has 0 aliphatic carbocycles. The fraction of sp³-hybridized carbons (Fsp3) is 0.526. The number of nitrogens with one attached hydrogen (secondary N) is 1. The van der Waals surface area contributed by atoms with E-state index in [9.17, 15) is 9.90 Å². The molecule has 2 N–H and O–H groups in total. The summed E-state index contributed by atoms with van der Waals surface area (Å²) in [5, 5.41) is 24.0. The van der Waals surface area contributed by atoms with Crippen molar-refractivity contribution in [1.29, 1.82) is 5.26 Å². The second-order valence-electron chi connectivity index (χ2n) is 7.28. The molecule has 4 rings (SSSR count). The van der Waals surface area contributed by atoms with Crippen LogP contribution < -0.4 is 5.32 Å². The molecule has 0 saturated carbocycles. The largest absolute Gasteiger partial charge is 0.393 e. The summed E-state index contributed by atoms with van der Waals surface area (Å²) >= 11 is 1.33. The number of rotatable bonds is 5. The van der Waals surface area contributed by atoms with Gasteiger partial charge in [0.05, 0.1) is 30.5 Å². The van der Waals surface area contributed by atoms with Crippen LogP contribution in [0.4, 0.5) is 11.1 Å². The Labute approximate surface area is 173 Å². The van der Waals surface area contributed by atoms with Gasteiger partial charge in [0.15, 0.2) is 5.13 Å². The number of anilines is 2. The van der Waals surface area contributed by atoms with Crippen LogP contribution in [0.15, 0.2) is 17.6 Å². The average molecular weight is 414 g/mol. The van der Waals surface area contributed by atoms with Crippen LogP contribution in [0.25, 0.3) is 0 Å². The Balaban J connectivity index is 1.43. The van der Waals surface area contributed by atoms with E-state index >= 15 is 0 Å². The molecule has 9 nitrogen and oxygen atoms in total. The number of nitrogens with zero attached hydrogens (tertiary/aromatic N) is 6. The Morgan fingerprint density at radius 1 is 1.31 bits per heavy atom. The van der Waals surface area contributed by atoms with E-state index in [-0.39, 0.29) is 18.1 Å². The zero-order chi connectivity index (χ0) is 20.2. The van der Waals surface area contributed by atoms with Gasteiger partial charge in [0, 0.05) is 24.7 Å². The smallest absolute Gasteiger partial charge is 0.273 e. The van der Waals surface area contributed by atoms with E-state index in [0.717, 1.165) is 25.1 Å². The number of carbonyl (C=O) groups is 1. The van der Waals surface area contributed by atoms with Crippen molar-refractivity contribution < 1.29 is 9.90 Å². The summed E-state index contributed by atoms with van der Waals surface area (Å²) < 4.78 is 0. The molecule has 2 aromatic rings. The maximum Gasteiger partial charge on any atom is 0.273 e. The summed E-state index contributed by atoms with van der Waals surface area (Å²) in [6, 6.07) is 4.22. The van der Waals surface area contributed by atoms with E-state index < -0.39 is 0 Å². The van der Waals surface area contributed by atoms with Crippen molar-refractivity contribution in [2.45, 2.75) is 37.8 Å². The lowest BCUT2D eigenvalue weighted by Gasteiger charge is -2.28. The van der Waals surface area contributed by atoms with Gasteiger partial charge >= 0.3 is 0 Å². The SMILES string of the molecule is N#CCN1CCC[C@@H]1c1ccnc(Nc2nc(C(=O)N3CCC(O)CC3)cs2)n1. The molecule has 0 spiro atoms. The molecule has 0 aromatic carbocycles. The third-order valence-electron chi connectivity index (χ3n) is 5.35. The molecular weight excluding hydrogens is 390 g/mol.